The van der Waals surface area contributed by atoms with E-state index in [0.29, 0.717) is 22.4 Å². The molecule has 0 bridgehead atoms. The molecule has 0 fully saturated rings. The molecule has 4 aromatic rings. The zero-order valence-electron chi connectivity index (χ0n) is 17.1. The first-order valence-electron chi connectivity index (χ1n) is 9.78. The molecule has 1 aliphatic heterocycles. The summed E-state index contributed by atoms with van der Waals surface area (Å²) >= 11 is 3.39. The van der Waals surface area contributed by atoms with E-state index < -0.39 is 11.9 Å². The Labute approximate surface area is 191 Å². The van der Waals surface area contributed by atoms with Gasteiger partial charge in [-0.05, 0) is 60.5 Å². The highest BCUT2D eigenvalue weighted by molar-refractivity contribution is 9.10. The zero-order chi connectivity index (χ0) is 22.6. The number of amides is 1. The van der Waals surface area contributed by atoms with Crippen molar-refractivity contribution in [1.82, 2.24) is 4.98 Å². The van der Waals surface area contributed by atoms with Gasteiger partial charge in [-0.15, -0.1) is 0 Å². The number of phenolic OH excluding ortho intramolecular Hbond substituents is 1. The predicted octanol–water partition coefficient (Wildman–Crippen LogP) is 4.72. The number of aryl methyl sites for hydroxylation is 1. The van der Waals surface area contributed by atoms with Crippen LogP contribution in [0.15, 0.2) is 68.4 Å². The van der Waals surface area contributed by atoms with E-state index in [1.165, 1.54) is 18.1 Å². The average Bonchev–Trinajstić information content (AvgIpc) is 3.07. The number of phenols is 1. The van der Waals surface area contributed by atoms with Gasteiger partial charge in [0, 0.05) is 10.7 Å². The van der Waals surface area contributed by atoms with Crippen LogP contribution in [0.25, 0.3) is 11.0 Å². The van der Waals surface area contributed by atoms with Crippen molar-refractivity contribution in [1.29, 1.82) is 0 Å². The molecule has 0 saturated carbocycles. The summed E-state index contributed by atoms with van der Waals surface area (Å²) < 4.78 is 11.9. The molecular formula is C24H17BrN2O5. The van der Waals surface area contributed by atoms with Gasteiger partial charge < -0.3 is 14.3 Å². The Kier molecular flexibility index (Phi) is 4.74. The number of nitrogens with zero attached hydrogens (tertiary/aromatic N) is 2. The minimum Gasteiger partial charge on any atom is -0.504 e. The summed E-state index contributed by atoms with van der Waals surface area (Å²) in [4.78, 5) is 33.0. The number of hydrogen-bond donors (Lipinski definition) is 1. The number of methoxy groups -OCH3 is 1. The fourth-order valence-corrected chi connectivity index (χ4v) is 4.37. The van der Waals surface area contributed by atoms with Gasteiger partial charge in [-0.25, -0.2) is 4.98 Å². The first-order chi connectivity index (χ1) is 15.4. The van der Waals surface area contributed by atoms with Crippen LogP contribution in [-0.2, 0) is 0 Å². The molecule has 5 rings (SSSR count). The Bertz CT molecular complexity index is 1460. The molecule has 160 valence electrons. The molecule has 32 heavy (non-hydrogen) atoms. The number of pyridine rings is 1. The van der Waals surface area contributed by atoms with Crippen molar-refractivity contribution in [3.8, 4) is 11.5 Å². The molecule has 0 unspecified atom stereocenters. The van der Waals surface area contributed by atoms with Gasteiger partial charge in [-0.1, -0.05) is 22.0 Å². The summed E-state index contributed by atoms with van der Waals surface area (Å²) in [5, 5.41) is 10.4. The first kappa shape index (κ1) is 20.3. The van der Waals surface area contributed by atoms with Gasteiger partial charge in [0.05, 0.1) is 24.1 Å². The zero-order valence-corrected chi connectivity index (χ0v) is 18.7. The van der Waals surface area contributed by atoms with E-state index in [2.05, 4.69) is 20.9 Å². The summed E-state index contributed by atoms with van der Waals surface area (Å²) in [6.07, 6.45) is 1.61. The molecule has 0 radical (unpaired) electrons. The second-order valence-electron chi connectivity index (χ2n) is 7.51. The number of carbonyl (C=O) groups excluding carboxylic acids is 1. The lowest BCUT2D eigenvalue weighted by Gasteiger charge is -2.24. The van der Waals surface area contributed by atoms with Crippen molar-refractivity contribution in [3.05, 3.63) is 91.9 Å². The summed E-state index contributed by atoms with van der Waals surface area (Å²) in [5.41, 5.74) is 1.73. The van der Waals surface area contributed by atoms with Crippen molar-refractivity contribution in [3.63, 3.8) is 0 Å². The first-order valence-corrected chi connectivity index (χ1v) is 10.6. The van der Waals surface area contributed by atoms with Gasteiger partial charge in [0.2, 0.25) is 5.76 Å². The minimum atomic E-state index is -0.805. The van der Waals surface area contributed by atoms with E-state index in [4.69, 9.17) is 9.15 Å². The van der Waals surface area contributed by atoms with Crippen LogP contribution in [0.2, 0.25) is 0 Å². The second kappa shape index (κ2) is 7.49. The molecule has 8 heteroatoms. The van der Waals surface area contributed by atoms with E-state index in [-0.39, 0.29) is 28.3 Å². The van der Waals surface area contributed by atoms with Crippen LogP contribution in [-0.4, -0.2) is 23.1 Å². The van der Waals surface area contributed by atoms with E-state index in [9.17, 15) is 14.7 Å². The Balaban J connectivity index is 1.83. The van der Waals surface area contributed by atoms with Crippen LogP contribution < -0.4 is 15.1 Å². The monoisotopic (exact) mass is 492 g/mol. The number of hydrogen-bond acceptors (Lipinski definition) is 6. The molecule has 2 aromatic carbocycles. The van der Waals surface area contributed by atoms with Crippen LogP contribution in [0.4, 0.5) is 5.82 Å². The number of fused-ring (bicyclic) bond motifs is 2. The summed E-state index contributed by atoms with van der Waals surface area (Å²) in [7, 11) is 1.44. The smallest absolute Gasteiger partial charge is 0.296 e. The normalized spacial score (nSPS) is 15.3. The second-order valence-corrected chi connectivity index (χ2v) is 8.43. The number of carbonyl (C=O) groups is 1. The maximum absolute atomic E-state index is 13.6. The highest BCUT2D eigenvalue weighted by Gasteiger charge is 2.44. The lowest BCUT2D eigenvalue weighted by Crippen LogP contribution is -2.30. The number of aromatic hydroxyl groups is 1. The third kappa shape index (κ3) is 3.06. The molecule has 0 spiro atoms. The summed E-state index contributed by atoms with van der Waals surface area (Å²) in [6.45, 7) is 1.90. The molecule has 1 aliphatic rings. The maximum atomic E-state index is 13.6. The minimum absolute atomic E-state index is 0.0230. The van der Waals surface area contributed by atoms with Gasteiger partial charge in [-0.2, -0.15) is 0 Å². The van der Waals surface area contributed by atoms with Crippen LogP contribution in [0, 0.1) is 6.92 Å². The Hall–Kier alpha value is -3.65. The molecule has 2 aromatic heterocycles. The third-order valence-electron chi connectivity index (χ3n) is 5.50. The fraction of sp³-hybridized carbons (Fsp3) is 0.125. The molecule has 0 aliphatic carbocycles. The lowest BCUT2D eigenvalue weighted by atomic mass is 9.98. The van der Waals surface area contributed by atoms with Crippen molar-refractivity contribution >= 4 is 38.6 Å². The number of anilines is 1. The quantitative estimate of drug-likeness (QED) is 0.444. The van der Waals surface area contributed by atoms with Crippen molar-refractivity contribution in [2.24, 2.45) is 0 Å². The number of halogens is 1. The van der Waals surface area contributed by atoms with Gasteiger partial charge >= 0.3 is 0 Å². The standard InChI is InChI=1S/C24H17BrN2O5/c1-12-7-8-26-19(9-12)27-21(13-3-5-16(28)18(10-13)31-2)20-22(29)15-11-14(25)4-6-17(15)32-23(20)24(27)30/h3-11,21,28H,1-2H3/t21-/m1/s1. The van der Waals surface area contributed by atoms with Crippen LogP contribution >= 0.6 is 15.9 Å². The van der Waals surface area contributed by atoms with E-state index in [0.717, 1.165) is 10.0 Å². The van der Waals surface area contributed by atoms with Crippen molar-refractivity contribution in [2.45, 2.75) is 13.0 Å². The topological polar surface area (TPSA) is 92.9 Å². The van der Waals surface area contributed by atoms with Crippen molar-refractivity contribution in [2.75, 3.05) is 12.0 Å². The summed E-state index contributed by atoms with van der Waals surface area (Å²) in [5.74, 6) is 0.0919. The largest absolute Gasteiger partial charge is 0.504 e. The lowest BCUT2D eigenvalue weighted by molar-refractivity contribution is 0.0970. The molecular weight excluding hydrogens is 476 g/mol. The van der Waals surface area contributed by atoms with Crippen LogP contribution in [0.1, 0.15) is 33.3 Å². The van der Waals surface area contributed by atoms with Crippen molar-refractivity contribution < 1.29 is 19.1 Å². The van der Waals surface area contributed by atoms with Gasteiger partial charge in [0.25, 0.3) is 5.91 Å². The Morgan fingerprint density at radius 3 is 2.69 bits per heavy atom. The van der Waals surface area contributed by atoms with Gasteiger partial charge in [-0.3, -0.25) is 14.5 Å². The highest BCUT2D eigenvalue weighted by atomic mass is 79.9. The fourth-order valence-electron chi connectivity index (χ4n) is 4.01. The van der Waals surface area contributed by atoms with Gasteiger partial charge in [0.1, 0.15) is 11.4 Å². The van der Waals surface area contributed by atoms with Crippen LogP contribution in [0.3, 0.4) is 0 Å². The molecule has 3 heterocycles. The van der Waals surface area contributed by atoms with E-state index in [1.54, 1.807) is 42.6 Å². The molecule has 1 atom stereocenters. The predicted molar refractivity (Wildman–Crippen MR) is 122 cm³/mol. The van der Waals surface area contributed by atoms with Gasteiger partial charge in [0.15, 0.2) is 16.9 Å². The maximum Gasteiger partial charge on any atom is 0.296 e. The molecule has 0 saturated heterocycles. The Morgan fingerprint density at radius 2 is 1.94 bits per heavy atom. The molecule has 1 N–H and O–H groups in total. The SMILES string of the molecule is COc1cc([C@@H]2c3c(oc4ccc(Br)cc4c3=O)C(=O)N2c2cc(C)ccn2)ccc1O. The van der Waals surface area contributed by atoms with E-state index >= 15 is 0 Å². The molecule has 7 nitrogen and oxygen atoms in total. The Morgan fingerprint density at radius 1 is 1.12 bits per heavy atom. The molecule has 1 amide bonds. The highest BCUT2D eigenvalue weighted by Crippen LogP contribution is 2.42. The third-order valence-corrected chi connectivity index (χ3v) is 5.99. The summed E-state index contributed by atoms with van der Waals surface area (Å²) in [6, 6.07) is 12.6. The number of benzene rings is 2. The number of rotatable bonds is 3. The average molecular weight is 493 g/mol. The number of ether oxygens (including phenoxy) is 1. The van der Waals surface area contributed by atoms with E-state index in [1.807, 2.05) is 13.0 Å². The number of aromatic nitrogens is 1. The van der Waals surface area contributed by atoms with Crippen LogP contribution in [0.5, 0.6) is 11.5 Å².